The average molecular weight is 471 g/mol. The molecule has 0 spiro atoms. The first kappa shape index (κ1) is 22.1. The molecule has 3 aromatic rings. The molecule has 0 saturated carbocycles. The first-order valence-electron chi connectivity index (χ1n) is 10.8. The lowest BCUT2D eigenvalue weighted by molar-refractivity contribution is -0.124. The summed E-state index contributed by atoms with van der Waals surface area (Å²) in [5, 5.41) is 5.01. The third kappa shape index (κ3) is 3.74. The Balaban J connectivity index is 1.47. The molecule has 1 atom stereocenters. The standard InChI is InChI=1S/C25H21N5O5/c1-35-18-7-4-16-12-30(22(32)19(16)11-18)13-25(23(33)28-24(34)29-25)17-5-2-14(3-6-17)20-10-15(21(26)31)8-9-27-20/h2-11H,12-13H2,1H3,(H2,26,31)(H2,28,29,33,34)/t25-/m0/s1. The molecule has 4 N–H and O–H groups in total. The summed E-state index contributed by atoms with van der Waals surface area (Å²) in [4.78, 5) is 55.6. The van der Waals surface area contributed by atoms with E-state index < -0.39 is 23.4 Å². The lowest BCUT2D eigenvalue weighted by Gasteiger charge is -2.31. The van der Waals surface area contributed by atoms with E-state index in [1.165, 1.54) is 24.3 Å². The predicted molar refractivity (Wildman–Crippen MR) is 124 cm³/mol. The van der Waals surface area contributed by atoms with Crippen molar-refractivity contribution in [1.82, 2.24) is 20.5 Å². The van der Waals surface area contributed by atoms with Crippen LogP contribution in [0.4, 0.5) is 4.79 Å². The summed E-state index contributed by atoms with van der Waals surface area (Å²) in [5.74, 6) is -0.810. The van der Waals surface area contributed by atoms with E-state index >= 15 is 0 Å². The van der Waals surface area contributed by atoms with E-state index in [1.807, 2.05) is 6.07 Å². The number of rotatable bonds is 6. The summed E-state index contributed by atoms with van der Waals surface area (Å²) in [6.07, 6.45) is 1.49. The Kier molecular flexibility index (Phi) is 5.20. The topological polar surface area (TPSA) is 144 Å². The molecule has 1 fully saturated rings. The fraction of sp³-hybridized carbons (Fsp3) is 0.160. The van der Waals surface area contributed by atoms with E-state index in [9.17, 15) is 19.2 Å². The molecule has 2 aliphatic rings. The van der Waals surface area contributed by atoms with Crippen molar-refractivity contribution in [2.24, 2.45) is 5.73 Å². The van der Waals surface area contributed by atoms with Crippen LogP contribution in [-0.2, 0) is 16.9 Å². The van der Waals surface area contributed by atoms with Gasteiger partial charge in [0, 0.05) is 29.4 Å². The lowest BCUT2D eigenvalue weighted by Crippen LogP contribution is -2.52. The van der Waals surface area contributed by atoms with E-state index in [1.54, 1.807) is 42.5 Å². The van der Waals surface area contributed by atoms with Crippen molar-refractivity contribution >= 4 is 23.8 Å². The SMILES string of the molecule is COc1ccc2c(c1)C(=O)N(C[C@@]1(c3ccc(-c4cc(C(N)=O)ccn4)cc3)NC(=O)NC1=O)C2. The number of benzene rings is 2. The third-order valence-corrected chi connectivity index (χ3v) is 6.28. The van der Waals surface area contributed by atoms with Gasteiger partial charge in [-0.05, 0) is 35.4 Å². The highest BCUT2D eigenvalue weighted by Crippen LogP contribution is 2.33. The average Bonchev–Trinajstić information content (AvgIpc) is 3.33. The van der Waals surface area contributed by atoms with Gasteiger partial charge in [-0.2, -0.15) is 0 Å². The fourth-order valence-electron chi connectivity index (χ4n) is 4.45. The highest BCUT2D eigenvalue weighted by molar-refractivity contribution is 6.08. The molecule has 2 aromatic carbocycles. The van der Waals surface area contributed by atoms with Gasteiger partial charge in [0.2, 0.25) is 5.91 Å². The van der Waals surface area contributed by atoms with E-state index in [2.05, 4.69) is 15.6 Å². The van der Waals surface area contributed by atoms with Crippen molar-refractivity contribution in [3.05, 3.63) is 83.0 Å². The van der Waals surface area contributed by atoms with Crippen LogP contribution in [0.5, 0.6) is 5.75 Å². The number of hydrogen-bond acceptors (Lipinski definition) is 6. The number of carbonyl (C=O) groups is 4. The number of nitrogens with two attached hydrogens (primary N) is 1. The fourth-order valence-corrected chi connectivity index (χ4v) is 4.45. The van der Waals surface area contributed by atoms with E-state index in [0.29, 0.717) is 40.2 Å². The van der Waals surface area contributed by atoms with Crippen LogP contribution in [0.25, 0.3) is 11.3 Å². The highest BCUT2D eigenvalue weighted by atomic mass is 16.5. The van der Waals surface area contributed by atoms with Crippen LogP contribution >= 0.6 is 0 Å². The van der Waals surface area contributed by atoms with Gasteiger partial charge in [0.1, 0.15) is 5.75 Å². The van der Waals surface area contributed by atoms with Gasteiger partial charge in [0.25, 0.3) is 11.8 Å². The zero-order chi connectivity index (χ0) is 24.7. The molecule has 1 saturated heterocycles. The maximum atomic E-state index is 13.1. The van der Waals surface area contributed by atoms with Crippen LogP contribution in [0.15, 0.2) is 60.8 Å². The Morgan fingerprint density at radius 2 is 1.89 bits per heavy atom. The molecule has 0 unspecified atom stereocenters. The summed E-state index contributed by atoms with van der Waals surface area (Å²) >= 11 is 0. The normalized spacial score (nSPS) is 18.8. The minimum absolute atomic E-state index is 0.0604. The van der Waals surface area contributed by atoms with Gasteiger partial charge in [-0.3, -0.25) is 24.7 Å². The summed E-state index contributed by atoms with van der Waals surface area (Å²) < 4.78 is 5.22. The van der Waals surface area contributed by atoms with Gasteiger partial charge in [-0.1, -0.05) is 30.3 Å². The summed E-state index contributed by atoms with van der Waals surface area (Å²) in [6, 6.07) is 14.6. The second-order valence-corrected chi connectivity index (χ2v) is 8.37. The number of primary amides is 1. The second-order valence-electron chi connectivity index (χ2n) is 8.37. The van der Waals surface area contributed by atoms with Crippen molar-refractivity contribution in [2.45, 2.75) is 12.1 Å². The molecule has 0 radical (unpaired) electrons. The van der Waals surface area contributed by atoms with Gasteiger partial charge in [-0.25, -0.2) is 4.79 Å². The van der Waals surface area contributed by atoms with E-state index in [-0.39, 0.29) is 12.5 Å². The number of amides is 5. The number of methoxy groups -OCH3 is 1. The molecule has 2 aliphatic heterocycles. The Morgan fingerprint density at radius 3 is 2.54 bits per heavy atom. The number of pyridine rings is 1. The summed E-state index contributed by atoms with van der Waals surface area (Å²) in [6.45, 7) is 0.236. The van der Waals surface area contributed by atoms with Crippen molar-refractivity contribution in [2.75, 3.05) is 13.7 Å². The highest BCUT2D eigenvalue weighted by Gasteiger charge is 2.50. The van der Waals surface area contributed by atoms with Crippen LogP contribution in [-0.4, -0.2) is 47.3 Å². The first-order chi connectivity index (χ1) is 16.8. The van der Waals surface area contributed by atoms with Crippen LogP contribution in [0.1, 0.15) is 31.8 Å². The summed E-state index contributed by atoms with van der Waals surface area (Å²) in [5.41, 5.74) is 7.23. The molecule has 10 nitrogen and oxygen atoms in total. The lowest BCUT2D eigenvalue weighted by atomic mass is 9.88. The van der Waals surface area contributed by atoms with E-state index in [4.69, 9.17) is 10.5 Å². The van der Waals surface area contributed by atoms with Crippen molar-refractivity contribution in [3.8, 4) is 17.0 Å². The predicted octanol–water partition coefficient (Wildman–Crippen LogP) is 1.55. The monoisotopic (exact) mass is 471 g/mol. The van der Waals surface area contributed by atoms with Crippen molar-refractivity contribution in [3.63, 3.8) is 0 Å². The van der Waals surface area contributed by atoms with Crippen LogP contribution in [0, 0.1) is 0 Å². The van der Waals surface area contributed by atoms with E-state index in [0.717, 1.165) is 5.56 Å². The number of imide groups is 1. The van der Waals surface area contributed by atoms with Gasteiger partial charge in [0.05, 0.1) is 19.3 Å². The van der Waals surface area contributed by atoms with Gasteiger partial charge in [-0.15, -0.1) is 0 Å². The Hall–Kier alpha value is -4.73. The zero-order valence-electron chi connectivity index (χ0n) is 18.7. The maximum absolute atomic E-state index is 13.1. The smallest absolute Gasteiger partial charge is 0.322 e. The van der Waals surface area contributed by atoms with Gasteiger partial charge >= 0.3 is 6.03 Å². The molecule has 35 heavy (non-hydrogen) atoms. The second kappa shape index (κ2) is 8.24. The van der Waals surface area contributed by atoms with Crippen LogP contribution in [0.3, 0.4) is 0 Å². The Bertz CT molecular complexity index is 1390. The molecule has 10 heteroatoms. The molecule has 1 aromatic heterocycles. The molecular weight excluding hydrogens is 450 g/mol. The number of carbonyl (C=O) groups excluding carboxylic acids is 4. The van der Waals surface area contributed by atoms with Crippen molar-refractivity contribution in [1.29, 1.82) is 0 Å². The molecule has 176 valence electrons. The number of nitrogens with zero attached hydrogens (tertiary/aromatic N) is 2. The molecule has 3 heterocycles. The largest absolute Gasteiger partial charge is 0.497 e. The number of nitrogens with one attached hydrogen (secondary N) is 2. The molecule has 0 aliphatic carbocycles. The molecule has 5 amide bonds. The van der Waals surface area contributed by atoms with Crippen LogP contribution < -0.4 is 21.1 Å². The Labute approximate surface area is 200 Å². The minimum Gasteiger partial charge on any atom is -0.497 e. The summed E-state index contributed by atoms with van der Waals surface area (Å²) in [7, 11) is 1.52. The number of ether oxygens (including phenoxy) is 1. The number of fused-ring (bicyclic) bond motifs is 1. The number of hydrogen-bond donors (Lipinski definition) is 3. The molecule has 0 bridgehead atoms. The van der Waals surface area contributed by atoms with Crippen molar-refractivity contribution < 1.29 is 23.9 Å². The molecular formula is C25H21N5O5. The molecule has 5 rings (SSSR count). The Morgan fingerprint density at radius 1 is 1.11 bits per heavy atom. The minimum atomic E-state index is -1.47. The first-order valence-corrected chi connectivity index (χ1v) is 10.8. The quantitative estimate of drug-likeness (QED) is 0.466. The maximum Gasteiger partial charge on any atom is 0.322 e. The third-order valence-electron chi connectivity index (χ3n) is 6.28. The number of aromatic nitrogens is 1. The van der Waals surface area contributed by atoms with Gasteiger partial charge < -0.3 is 20.7 Å². The zero-order valence-corrected chi connectivity index (χ0v) is 18.7. The number of urea groups is 1. The van der Waals surface area contributed by atoms with Gasteiger partial charge in [0.15, 0.2) is 5.54 Å². The van der Waals surface area contributed by atoms with Crippen LogP contribution in [0.2, 0.25) is 0 Å².